The number of carbonyl (C=O) groups excluding carboxylic acids is 2. The van der Waals surface area contributed by atoms with Crippen LogP contribution in [0.3, 0.4) is 0 Å². The molecule has 4 nitrogen and oxygen atoms in total. The Labute approximate surface area is 98.2 Å². The number of imide groups is 1. The first-order valence-corrected chi connectivity index (χ1v) is 5.37. The summed E-state index contributed by atoms with van der Waals surface area (Å²) in [6.45, 7) is 0.206. The van der Waals surface area contributed by atoms with Gasteiger partial charge >= 0.3 is 0 Å². The van der Waals surface area contributed by atoms with Crippen LogP contribution in [-0.2, 0) is 9.59 Å². The molecule has 2 rings (SSSR count). The molecule has 5 heteroatoms. The molecule has 1 fully saturated rings. The van der Waals surface area contributed by atoms with Crippen molar-refractivity contribution in [2.45, 2.75) is 12.8 Å². The summed E-state index contributed by atoms with van der Waals surface area (Å²) >= 11 is 5.81. The van der Waals surface area contributed by atoms with E-state index in [1.165, 1.54) is 4.90 Å². The summed E-state index contributed by atoms with van der Waals surface area (Å²) < 4.78 is 0. The second-order valence-corrected chi connectivity index (χ2v) is 4.00. The highest BCUT2D eigenvalue weighted by molar-refractivity contribution is 6.30. The van der Waals surface area contributed by atoms with Crippen LogP contribution in [0.25, 0.3) is 0 Å². The van der Waals surface area contributed by atoms with E-state index in [0.717, 1.165) is 5.69 Å². The third-order valence-corrected chi connectivity index (χ3v) is 2.66. The molecule has 0 bridgehead atoms. The second kappa shape index (κ2) is 4.53. The molecule has 0 atom stereocenters. The van der Waals surface area contributed by atoms with Crippen molar-refractivity contribution in [1.29, 1.82) is 0 Å². The van der Waals surface area contributed by atoms with E-state index in [9.17, 15) is 9.59 Å². The van der Waals surface area contributed by atoms with Gasteiger partial charge in [0.15, 0.2) is 0 Å². The molecule has 0 saturated carbocycles. The number of nitrogens with one attached hydrogen (secondary N) is 1. The predicted octanol–water partition coefficient (Wildman–Crippen LogP) is 1.86. The quantitative estimate of drug-likeness (QED) is 0.818. The normalized spacial score (nSPS) is 15.7. The van der Waals surface area contributed by atoms with Gasteiger partial charge in [0.2, 0.25) is 11.8 Å². The van der Waals surface area contributed by atoms with Gasteiger partial charge in [0, 0.05) is 23.6 Å². The number of benzene rings is 1. The first kappa shape index (κ1) is 11.0. The van der Waals surface area contributed by atoms with Gasteiger partial charge in [-0.2, -0.15) is 0 Å². The van der Waals surface area contributed by atoms with Gasteiger partial charge in [-0.25, -0.2) is 0 Å². The standard InChI is InChI=1S/C11H11ClN2O2/c12-8-2-1-3-9(6-8)13-7-14-10(15)4-5-11(14)16/h1-3,6,13H,4-5,7H2. The highest BCUT2D eigenvalue weighted by Gasteiger charge is 2.28. The van der Waals surface area contributed by atoms with Crippen molar-refractivity contribution < 1.29 is 9.59 Å². The number of carbonyl (C=O) groups is 2. The monoisotopic (exact) mass is 238 g/mol. The molecular formula is C11H11ClN2O2. The summed E-state index contributed by atoms with van der Waals surface area (Å²) in [5.41, 5.74) is 0.792. The third-order valence-electron chi connectivity index (χ3n) is 2.42. The zero-order chi connectivity index (χ0) is 11.5. The number of rotatable bonds is 3. The Bertz CT molecular complexity index is 418. The van der Waals surface area contributed by atoms with Crippen LogP contribution in [0.5, 0.6) is 0 Å². The summed E-state index contributed by atoms with van der Waals surface area (Å²) in [4.78, 5) is 23.8. The molecule has 1 aromatic carbocycles. The summed E-state index contributed by atoms with van der Waals surface area (Å²) in [6, 6.07) is 7.14. The summed E-state index contributed by atoms with van der Waals surface area (Å²) in [5.74, 6) is -0.251. The van der Waals surface area contributed by atoms with Crippen molar-refractivity contribution in [2.75, 3.05) is 12.0 Å². The number of anilines is 1. The Balaban J connectivity index is 1.97. The van der Waals surface area contributed by atoms with Crippen molar-refractivity contribution in [2.24, 2.45) is 0 Å². The zero-order valence-electron chi connectivity index (χ0n) is 8.57. The Morgan fingerprint density at radius 3 is 2.56 bits per heavy atom. The number of hydrogen-bond acceptors (Lipinski definition) is 3. The minimum atomic E-state index is -0.125. The predicted molar refractivity (Wildman–Crippen MR) is 61.0 cm³/mol. The average Bonchev–Trinajstić information content (AvgIpc) is 2.56. The van der Waals surface area contributed by atoms with Crippen LogP contribution >= 0.6 is 11.6 Å². The third kappa shape index (κ3) is 2.33. The molecule has 0 radical (unpaired) electrons. The van der Waals surface area contributed by atoms with Crippen LogP contribution in [0, 0.1) is 0 Å². The molecule has 0 unspecified atom stereocenters. The number of halogens is 1. The van der Waals surface area contributed by atoms with Gasteiger partial charge < -0.3 is 5.32 Å². The fourth-order valence-electron chi connectivity index (χ4n) is 1.57. The average molecular weight is 239 g/mol. The van der Waals surface area contributed by atoms with E-state index in [-0.39, 0.29) is 18.5 Å². The van der Waals surface area contributed by atoms with Crippen LogP contribution in [0.1, 0.15) is 12.8 Å². The van der Waals surface area contributed by atoms with E-state index in [0.29, 0.717) is 17.9 Å². The largest absolute Gasteiger partial charge is 0.367 e. The minimum absolute atomic E-state index is 0.125. The molecule has 2 amide bonds. The molecule has 1 aromatic rings. The Morgan fingerprint density at radius 2 is 1.94 bits per heavy atom. The lowest BCUT2D eigenvalue weighted by atomic mass is 10.3. The first-order chi connectivity index (χ1) is 7.66. The van der Waals surface area contributed by atoms with Gasteiger partial charge in [-0.15, -0.1) is 0 Å². The van der Waals surface area contributed by atoms with Gasteiger partial charge in [0.1, 0.15) is 0 Å². The molecule has 0 aromatic heterocycles. The molecule has 0 spiro atoms. The van der Waals surface area contributed by atoms with Crippen molar-refractivity contribution in [1.82, 2.24) is 4.90 Å². The van der Waals surface area contributed by atoms with Crippen LogP contribution in [0.4, 0.5) is 5.69 Å². The molecule has 1 aliphatic rings. The van der Waals surface area contributed by atoms with Gasteiger partial charge in [-0.05, 0) is 18.2 Å². The van der Waals surface area contributed by atoms with E-state index in [1.807, 2.05) is 6.07 Å². The maximum atomic E-state index is 11.3. The fourth-order valence-corrected chi connectivity index (χ4v) is 1.76. The maximum absolute atomic E-state index is 11.3. The van der Waals surface area contributed by atoms with Crippen LogP contribution < -0.4 is 5.32 Å². The van der Waals surface area contributed by atoms with Crippen LogP contribution in [-0.4, -0.2) is 23.4 Å². The lowest BCUT2D eigenvalue weighted by molar-refractivity contribution is -0.137. The topological polar surface area (TPSA) is 49.4 Å². The van der Waals surface area contributed by atoms with Gasteiger partial charge in [0.05, 0.1) is 6.67 Å². The summed E-state index contributed by atoms with van der Waals surface area (Å²) in [7, 11) is 0. The van der Waals surface area contributed by atoms with Crippen molar-refractivity contribution in [3.8, 4) is 0 Å². The van der Waals surface area contributed by atoms with Crippen molar-refractivity contribution >= 4 is 29.1 Å². The van der Waals surface area contributed by atoms with E-state index in [2.05, 4.69) is 5.32 Å². The molecule has 1 saturated heterocycles. The van der Waals surface area contributed by atoms with Gasteiger partial charge in [0.25, 0.3) is 0 Å². The number of hydrogen-bond donors (Lipinski definition) is 1. The van der Waals surface area contributed by atoms with E-state index < -0.39 is 0 Å². The van der Waals surface area contributed by atoms with Crippen LogP contribution in [0.2, 0.25) is 5.02 Å². The maximum Gasteiger partial charge on any atom is 0.231 e. The van der Waals surface area contributed by atoms with Gasteiger partial charge in [-0.3, -0.25) is 14.5 Å². The smallest absolute Gasteiger partial charge is 0.231 e. The fraction of sp³-hybridized carbons (Fsp3) is 0.273. The van der Waals surface area contributed by atoms with E-state index >= 15 is 0 Å². The van der Waals surface area contributed by atoms with Gasteiger partial charge in [-0.1, -0.05) is 17.7 Å². The van der Waals surface area contributed by atoms with E-state index in [4.69, 9.17) is 11.6 Å². The summed E-state index contributed by atoms with van der Waals surface area (Å²) in [5, 5.41) is 3.60. The van der Waals surface area contributed by atoms with Crippen molar-refractivity contribution in [3.63, 3.8) is 0 Å². The molecule has 1 heterocycles. The number of nitrogens with zero attached hydrogens (tertiary/aromatic N) is 1. The Kier molecular flexibility index (Phi) is 3.10. The highest BCUT2D eigenvalue weighted by Crippen LogP contribution is 2.16. The number of likely N-dealkylation sites (tertiary alicyclic amines) is 1. The van der Waals surface area contributed by atoms with Crippen molar-refractivity contribution in [3.05, 3.63) is 29.3 Å². The molecule has 16 heavy (non-hydrogen) atoms. The van der Waals surface area contributed by atoms with E-state index in [1.54, 1.807) is 18.2 Å². The summed E-state index contributed by atoms with van der Waals surface area (Å²) in [6.07, 6.45) is 0.631. The molecule has 1 aliphatic heterocycles. The number of amides is 2. The Hall–Kier alpha value is -1.55. The minimum Gasteiger partial charge on any atom is -0.367 e. The first-order valence-electron chi connectivity index (χ1n) is 4.99. The molecule has 1 N–H and O–H groups in total. The highest BCUT2D eigenvalue weighted by atomic mass is 35.5. The zero-order valence-corrected chi connectivity index (χ0v) is 9.33. The molecule has 84 valence electrons. The second-order valence-electron chi connectivity index (χ2n) is 3.56. The van der Waals surface area contributed by atoms with Crippen LogP contribution in [0.15, 0.2) is 24.3 Å². The lowest BCUT2D eigenvalue weighted by Gasteiger charge is -2.15. The Morgan fingerprint density at radius 1 is 1.25 bits per heavy atom. The molecular weight excluding hydrogens is 228 g/mol. The lowest BCUT2D eigenvalue weighted by Crippen LogP contribution is -2.33. The SMILES string of the molecule is O=C1CCC(=O)N1CNc1cccc(Cl)c1. The molecule has 0 aliphatic carbocycles.